The minimum absolute atomic E-state index is 0.00399. The zero-order valence-electron chi connectivity index (χ0n) is 20.1. The molecule has 0 aromatic heterocycles. The Morgan fingerprint density at radius 1 is 1.03 bits per heavy atom. The van der Waals surface area contributed by atoms with E-state index in [1.807, 2.05) is 0 Å². The molecule has 2 aliphatic rings. The third-order valence-electron chi connectivity index (χ3n) is 6.36. The summed E-state index contributed by atoms with van der Waals surface area (Å²) < 4.78 is 106. The van der Waals surface area contributed by atoms with E-state index < -0.39 is 36.7 Å². The van der Waals surface area contributed by atoms with Gasteiger partial charge in [0.05, 0.1) is 34.3 Å². The highest BCUT2D eigenvalue weighted by atomic mass is 32.2. The van der Waals surface area contributed by atoms with E-state index in [4.69, 9.17) is 9.47 Å². The maximum absolute atomic E-state index is 13.1. The zero-order valence-corrected chi connectivity index (χ0v) is 21.7. The number of nitrogens with one attached hydrogen (secondary N) is 1. The van der Waals surface area contributed by atoms with Gasteiger partial charge < -0.3 is 14.4 Å². The summed E-state index contributed by atoms with van der Waals surface area (Å²) >= 11 is 0. The van der Waals surface area contributed by atoms with Gasteiger partial charge in [-0.25, -0.2) is 21.6 Å². The van der Waals surface area contributed by atoms with Crippen molar-refractivity contribution < 1.29 is 39.5 Å². The maximum atomic E-state index is 13.1. The highest BCUT2D eigenvalue weighted by molar-refractivity contribution is 7.89. The van der Waals surface area contributed by atoms with E-state index in [1.165, 1.54) is 25.3 Å². The first-order valence-corrected chi connectivity index (χ1v) is 14.6. The number of ether oxygens (including phenoxy) is 2. The maximum Gasteiger partial charge on any atom is 0.416 e. The van der Waals surface area contributed by atoms with Gasteiger partial charge in [0.1, 0.15) is 5.75 Å². The average Bonchev–Trinajstić information content (AvgIpc) is 3.41. The van der Waals surface area contributed by atoms with E-state index >= 15 is 0 Å². The van der Waals surface area contributed by atoms with Crippen LogP contribution in [0.25, 0.3) is 0 Å². The highest BCUT2D eigenvalue weighted by Crippen LogP contribution is 2.34. The Bertz CT molecular complexity index is 1320. The molecule has 0 aliphatic carbocycles. The normalized spacial score (nSPS) is 19.8. The number of piperazine rings is 1. The number of benzene rings is 2. The highest BCUT2D eigenvalue weighted by Gasteiger charge is 2.34. The second-order valence-electron chi connectivity index (χ2n) is 8.74. The second-order valence-corrected chi connectivity index (χ2v) is 12.4. The van der Waals surface area contributed by atoms with Crippen LogP contribution in [0.2, 0.25) is 0 Å². The summed E-state index contributed by atoms with van der Waals surface area (Å²) in [4.78, 5) is 1.38. The standard InChI is InChI=1S/C23H28F3N3O6S2/c1-34-22-8-7-19(36(30,31)27-16-18-5-3-13-35-18)15-21(22)28-9-11-29(12-10-28)37(32,33)20-6-2-4-17(14-20)23(24,25)26/h2,4,6-8,14-15,18,27H,3,5,9-13,16H2,1H3/t18-/m0/s1. The van der Waals surface area contributed by atoms with Crippen LogP contribution in [0.4, 0.5) is 18.9 Å². The molecule has 0 saturated carbocycles. The van der Waals surface area contributed by atoms with E-state index in [1.54, 1.807) is 4.90 Å². The molecule has 204 valence electrons. The fourth-order valence-electron chi connectivity index (χ4n) is 4.33. The first-order valence-electron chi connectivity index (χ1n) is 11.6. The predicted molar refractivity (Wildman–Crippen MR) is 130 cm³/mol. The van der Waals surface area contributed by atoms with Crippen molar-refractivity contribution in [2.45, 2.75) is 34.9 Å². The predicted octanol–water partition coefficient (Wildman–Crippen LogP) is 2.68. The van der Waals surface area contributed by atoms with Crippen molar-refractivity contribution in [3.8, 4) is 5.75 Å². The summed E-state index contributed by atoms with van der Waals surface area (Å²) in [5.74, 6) is 0.410. The smallest absolute Gasteiger partial charge is 0.416 e. The third-order valence-corrected chi connectivity index (χ3v) is 9.68. The summed E-state index contributed by atoms with van der Waals surface area (Å²) in [5.41, 5.74) is -0.568. The second kappa shape index (κ2) is 10.8. The van der Waals surface area contributed by atoms with Crippen LogP contribution >= 0.6 is 0 Å². The van der Waals surface area contributed by atoms with Gasteiger partial charge in [-0.3, -0.25) is 0 Å². The van der Waals surface area contributed by atoms with Crippen LogP contribution in [0.3, 0.4) is 0 Å². The number of anilines is 1. The molecule has 0 bridgehead atoms. The third kappa shape index (κ3) is 6.20. The number of methoxy groups -OCH3 is 1. The molecule has 2 heterocycles. The van der Waals surface area contributed by atoms with Crippen LogP contribution in [-0.4, -0.2) is 73.7 Å². The molecule has 2 aromatic rings. The minimum atomic E-state index is -4.66. The number of hydrogen-bond donors (Lipinski definition) is 1. The molecule has 1 N–H and O–H groups in total. The fourth-order valence-corrected chi connectivity index (χ4v) is 6.88. The van der Waals surface area contributed by atoms with Crippen LogP contribution < -0.4 is 14.4 Å². The molecule has 0 radical (unpaired) electrons. The minimum Gasteiger partial charge on any atom is -0.495 e. The monoisotopic (exact) mass is 563 g/mol. The molecular weight excluding hydrogens is 535 g/mol. The first kappa shape index (κ1) is 27.6. The zero-order chi connectivity index (χ0) is 26.8. The van der Waals surface area contributed by atoms with Gasteiger partial charge in [0.15, 0.2) is 0 Å². The van der Waals surface area contributed by atoms with Crippen molar-refractivity contribution in [3.63, 3.8) is 0 Å². The van der Waals surface area contributed by atoms with Gasteiger partial charge in [-0.1, -0.05) is 6.07 Å². The van der Waals surface area contributed by atoms with Gasteiger partial charge in [-0.15, -0.1) is 0 Å². The molecule has 2 aliphatic heterocycles. The van der Waals surface area contributed by atoms with Crippen LogP contribution in [0.15, 0.2) is 52.3 Å². The van der Waals surface area contributed by atoms with E-state index in [9.17, 15) is 30.0 Å². The number of halogens is 3. The van der Waals surface area contributed by atoms with Gasteiger partial charge >= 0.3 is 6.18 Å². The lowest BCUT2D eigenvalue weighted by Gasteiger charge is -2.36. The van der Waals surface area contributed by atoms with E-state index in [2.05, 4.69) is 4.72 Å². The largest absolute Gasteiger partial charge is 0.495 e. The summed E-state index contributed by atoms with van der Waals surface area (Å²) in [5, 5.41) is 0. The molecular formula is C23H28F3N3O6S2. The van der Waals surface area contributed by atoms with Crippen LogP contribution in [0.5, 0.6) is 5.75 Å². The quantitative estimate of drug-likeness (QED) is 0.527. The van der Waals surface area contributed by atoms with Gasteiger partial charge in [-0.05, 0) is 49.2 Å². The molecule has 0 amide bonds. The molecule has 0 unspecified atom stereocenters. The molecule has 2 aromatic carbocycles. The summed E-state index contributed by atoms with van der Waals surface area (Å²) in [6.45, 7) is 1.12. The van der Waals surface area contributed by atoms with E-state index in [0.29, 0.717) is 24.1 Å². The average molecular weight is 564 g/mol. The summed E-state index contributed by atoms with van der Waals surface area (Å²) in [6.07, 6.45) is -3.16. The summed E-state index contributed by atoms with van der Waals surface area (Å²) in [7, 11) is -6.54. The van der Waals surface area contributed by atoms with Gasteiger partial charge in [0.25, 0.3) is 0 Å². The van der Waals surface area contributed by atoms with Crippen LogP contribution in [0.1, 0.15) is 18.4 Å². The number of sulfonamides is 2. The lowest BCUT2D eigenvalue weighted by Crippen LogP contribution is -2.48. The molecule has 1 atom stereocenters. The molecule has 0 spiro atoms. The number of hydrogen-bond acceptors (Lipinski definition) is 7. The van der Waals surface area contributed by atoms with Crippen LogP contribution in [0, 0.1) is 0 Å². The Morgan fingerprint density at radius 3 is 2.38 bits per heavy atom. The van der Waals surface area contributed by atoms with E-state index in [0.717, 1.165) is 35.3 Å². The Morgan fingerprint density at radius 2 is 1.76 bits per heavy atom. The fraction of sp³-hybridized carbons (Fsp3) is 0.478. The van der Waals surface area contributed by atoms with Gasteiger partial charge in [-0.2, -0.15) is 17.5 Å². The van der Waals surface area contributed by atoms with Crippen molar-refractivity contribution in [2.75, 3.05) is 51.3 Å². The SMILES string of the molecule is COc1ccc(S(=O)(=O)NC[C@@H]2CCCO2)cc1N1CCN(S(=O)(=O)c2cccc(C(F)(F)F)c2)CC1. The van der Waals surface area contributed by atoms with Gasteiger partial charge in [0.2, 0.25) is 20.0 Å². The Balaban J connectivity index is 1.49. The van der Waals surface area contributed by atoms with Crippen molar-refractivity contribution >= 4 is 25.7 Å². The van der Waals surface area contributed by atoms with Crippen molar-refractivity contribution in [3.05, 3.63) is 48.0 Å². The lowest BCUT2D eigenvalue weighted by molar-refractivity contribution is -0.137. The topological polar surface area (TPSA) is 105 Å². The molecule has 14 heteroatoms. The number of rotatable bonds is 8. The molecule has 9 nitrogen and oxygen atoms in total. The molecule has 37 heavy (non-hydrogen) atoms. The van der Waals surface area contributed by atoms with Gasteiger partial charge in [0, 0.05) is 39.3 Å². The molecule has 4 rings (SSSR count). The molecule has 2 saturated heterocycles. The molecule has 2 fully saturated rings. The van der Waals surface area contributed by atoms with E-state index in [-0.39, 0.29) is 43.7 Å². The van der Waals surface area contributed by atoms with Crippen molar-refractivity contribution in [1.29, 1.82) is 0 Å². The number of nitrogens with zero attached hydrogens (tertiary/aromatic N) is 2. The number of alkyl halides is 3. The lowest BCUT2D eigenvalue weighted by atomic mass is 10.2. The van der Waals surface area contributed by atoms with Crippen LogP contribution in [-0.2, 0) is 31.0 Å². The summed E-state index contributed by atoms with van der Waals surface area (Å²) in [6, 6.07) is 8.07. The Hall–Kier alpha value is -2.39. The van der Waals surface area contributed by atoms with Crippen molar-refractivity contribution in [1.82, 2.24) is 9.03 Å². The Labute approximate surface area is 214 Å². The van der Waals surface area contributed by atoms with Crippen molar-refractivity contribution in [2.24, 2.45) is 0 Å². The first-order chi connectivity index (χ1) is 17.4. The Kier molecular flexibility index (Phi) is 8.04.